The molecule has 8 nitrogen and oxygen atoms in total. The topological polar surface area (TPSA) is 147 Å². The van der Waals surface area contributed by atoms with E-state index in [0.29, 0.717) is 0 Å². The van der Waals surface area contributed by atoms with Crippen molar-refractivity contribution in [2.24, 2.45) is 0 Å². The van der Waals surface area contributed by atoms with Gasteiger partial charge in [-0.15, -0.1) is 0 Å². The predicted octanol–water partition coefficient (Wildman–Crippen LogP) is -1.06. The molecule has 2 aromatic carbocycles. The molecule has 0 saturated carbocycles. The van der Waals surface area contributed by atoms with Gasteiger partial charge in [0.15, 0.2) is 6.10 Å². The SMILES string of the molecule is C[NH2+]c1ccc(Cl)cc1C1NCCc2ccccc21.O=C([O-])C(O)C(O)C(=O)O. The lowest BCUT2D eigenvalue weighted by atomic mass is 9.89. The number of nitrogens with one attached hydrogen (secondary N) is 1. The molecule has 1 heterocycles. The van der Waals surface area contributed by atoms with Gasteiger partial charge in [0.05, 0.1) is 19.1 Å². The average molecular weight is 423 g/mol. The molecule has 0 saturated heterocycles. The first-order valence-electron chi connectivity index (χ1n) is 8.96. The van der Waals surface area contributed by atoms with Crippen LogP contribution in [0.5, 0.6) is 0 Å². The number of benzene rings is 2. The van der Waals surface area contributed by atoms with Gasteiger partial charge in [0.1, 0.15) is 11.8 Å². The Bertz CT molecular complexity index is 858. The van der Waals surface area contributed by atoms with Gasteiger partial charge in [-0.05, 0) is 29.7 Å². The maximum absolute atomic E-state index is 9.74. The van der Waals surface area contributed by atoms with Crippen molar-refractivity contribution in [1.29, 1.82) is 0 Å². The molecular weight excluding hydrogens is 400 g/mol. The van der Waals surface area contributed by atoms with Gasteiger partial charge in [0.25, 0.3) is 0 Å². The number of carboxylic acids is 2. The van der Waals surface area contributed by atoms with Gasteiger partial charge >= 0.3 is 5.97 Å². The molecule has 6 N–H and O–H groups in total. The van der Waals surface area contributed by atoms with Crippen molar-refractivity contribution in [3.8, 4) is 0 Å². The fraction of sp³-hybridized carbons (Fsp3) is 0.300. The number of aliphatic hydroxyl groups is 2. The highest BCUT2D eigenvalue weighted by Crippen LogP contribution is 2.32. The maximum atomic E-state index is 9.74. The molecule has 0 amide bonds. The Kier molecular flexibility index (Phi) is 8.12. The maximum Gasteiger partial charge on any atom is 0.335 e. The molecule has 156 valence electrons. The minimum absolute atomic E-state index is 0.245. The zero-order chi connectivity index (χ0) is 21.6. The molecule has 0 radical (unpaired) electrons. The van der Waals surface area contributed by atoms with E-state index in [0.717, 1.165) is 18.0 Å². The summed E-state index contributed by atoms with van der Waals surface area (Å²) in [5, 5.41) is 40.7. The minimum atomic E-state index is -2.38. The molecule has 3 unspecified atom stereocenters. The molecule has 0 aromatic heterocycles. The van der Waals surface area contributed by atoms with Crippen molar-refractivity contribution in [2.45, 2.75) is 24.7 Å². The van der Waals surface area contributed by atoms with Crippen LogP contribution < -0.4 is 15.7 Å². The highest BCUT2D eigenvalue weighted by Gasteiger charge is 2.25. The summed E-state index contributed by atoms with van der Waals surface area (Å²) in [6.07, 6.45) is -3.61. The summed E-state index contributed by atoms with van der Waals surface area (Å²) >= 11 is 6.18. The van der Waals surface area contributed by atoms with Crippen LogP contribution in [0.3, 0.4) is 0 Å². The third-order valence-corrected chi connectivity index (χ3v) is 4.81. The normalized spacial score (nSPS) is 17.3. The van der Waals surface area contributed by atoms with E-state index in [2.05, 4.69) is 54.1 Å². The van der Waals surface area contributed by atoms with Crippen molar-refractivity contribution in [2.75, 3.05) is 13.6 Å². The van der Waals surface area contributed by atoms with Crippen molar-refractivity contribution >= 4 is 29.2 Å². The Morgan fingerprint density at radius 3 is 2.45 bits per heavy atom. The second-order valence-electron chi connectivity index (χ2n) is 6.44. The van der Waals surface area contributed by atoms with Crippen LogP contribution in [-0.2, 0) is 16.0 Å². The Balaban J connectivity index is 0.000000257. The molecule has 0 aliphatic carbocycles. The fourth-order valence-corrected chi connectivity index (χ4v) is 3.29. The molecule has 1 aliphatic rings. The van der Waals surface area contributed by atoms with Crippen LogP contribution in [0, 0.1) is 0 Å². The highest BCUT2D eigenvalue weighted by molar-refractivity contribution is 6.30. The molecule has 0 spiro atoms. The molecule has 2 aromatic rings. The van der Waals surface area contributed by atoms with E-state index < -0.39 is 24.1 Å². The Morgan fingerprint density at radius 2 is 1.86 bits per heavy atom. The first-order valence-corrected chi connectivity index (χ1v) is 9.33. The summed E-state index contributed by atoms with van der Waals surface area (Å²) in [7, 11) is 2.07. The largest absolute Gasteiger partial charge is 0.547 e. The van der Waals surface area contributed by atoms with Crippen LogP contribution in [0.15, 0.2) is 42.5 Å². The Hall–Kier alpha value is -2.49. The van der Waals surface area contributed by atoms with Gasteiger partial charge in [-0.2, -0.15) is 0 Å². The van der Waals surface area contributed by atoms with Crippen LogP contribution in [0.25, 0.3) is 0 Å². The molecule has 0 bridgehead atoms. The molecule has 3 rings (SSSR count). The van der Waals surface area contributed by atoms with E-state index >= 15 is 0 Å². The van der Waals surface area contributed by atoms with E-state index in [1.807, 2.05) is 6.07 Å². The van der Waals surface area contributed by atoms with E-state index in [9.17, 15) is 14.7 Å². The molecule has 3 atom stereocenters. The number of quaternary nitrogens is 1. The molecular formula is C20H23ClN2O6. The van der Waals surface area contributed by atoms with Crippen LogP contribution in [-0.4, -0.2) is 53.1 Å². The number of hydrogen-bond donors (Lipinski definition) is 5. The standard InChI is InChI=1S/C16H17ClN2.C4H6O6/c1-18-15-7-6-12(17)10-14(15)16-13-5-3-2-4-11(13)8-9-19-16;5-1(3(7)8)2(6)4(9)10/h2-7,10,16,18-19H,8-9H2,1H3;1-2,5-6H,(H,7,8)(H,9,10). The zero-order valence-corrected chi connectivity index (χ0v) is 16.5. The molecule has 1 aliphatic heterocycles. The predicted molar refractivity (Wildman–Crippen MR) is 104 cm³/mol. The van der Waals surface area contributed by atoms with Crippen LogP contribution >= 0.6 is 11.6 Å². The van der Waals surface area contributed by atoms with Gasteiger partial charge in [0.2, 0.25) is 0 Å². The van der Waals surface area contributed by atoms with E-state index in [1.165, 1.54) is 22.4 Å². The smallest absolute Gasteiger partial charge is 0.335 e. The number of rotatable bonds is 5. The summed E-state index contributed by atoms with van der Waals surface area (Å²) < 4.78 is 0. The van der Waals surface area contributed by atoms with Gasteiger partial charge < -0.3 is 35.9 Å². The van der Waals surface area contributed by atoms with Crippen LogP contribution in [0.2, 0.25) is 5.02 Å². The number of hydrogen-bond acceptors (Lipinski definition) is 6. The fourth-order valence-electron chi connectivity index (χ4n) is 3.10. The van der Waals surface area contributed by atoms with E-state index in [4.69, 9.17) is 26.9 Å². The van der Waals surface area contributed by atoms with Gasteiger partial charge in [-0.25, -0.2) is 4.79 Å². The third-order valence-electron chi connectivity index (χ3n) is 4.57. The highest BCUT2D eigenvalue weighted by atomic mass is 35.5. The molecule has 0 fully saturated rings. The third kappa shape index (κ3) is 5.75. The first kappa shape index (κ1) is 22.8. The zero-order valence-electron chi connectivity index (χ0n) is 15.7. The number of nitrogens with two attached hydrogens (primary N) is 1. The van der Waals surface area contributed by atoms with Crippen molar-refractivity contribution < 1.29 is 35.3 Å². The number of fused-ring (bicyclic) bond motifs is 1. The van der Waals surface area contributed by atoms with Crippen molar-refractivity contribution in [3.05, 3.63) is 64.2 Å². The number of carbonyl (C=O) groups excluding carboxylic acids is 1. The quantitative estimate of drug-likeness (QED) is 0.386. The lowest BCUT2D eigenvalue weighted by molar-refractivity contribution is -0.540. The average Bonchev–Trinajstić information content (AvgIpc) is 2.72. The summed E-state index contributed by atoms with van der Waals surface area (Å²) in [5.41, 5.74) is 5.33. The summed E-state index contributed by atoms with van der Waals surface area (Å²) in [5.74, 6) is -3.83. The minimum Gasteiger partial charge on any atom is -0.547 e. The van der Waals surface area contributed by atoms with Crippen molar-refractivity contribution in [1.82, 2.24) is 5.32 Å². The first-order chi connectivity index (χ1) is 13.8. The second-order valence-corrected chi connectivity index (χ2v) is 6.88. The number of carbonyl (C=O) groups is 2. The Morgan fingerprint density at radius 1 is 1.17 bits per heavy atom. The van der Waals surface area contributed by atoms with Gasteiger partial charge in [0, 0.05) is 23.2 Å². The summed E-state index contributed by atoms with van der Waals surface area (Å²) in [6, 6.07) is 15.0. The number of aliphatic hydroxyl groups excluding tert-OH is 2. The second kappa shape index (κ2) is 10.3. The van der Waals surface area contributed by atoms with E-state index in [-0.39, 0.29) is 6.04 Å². The summed E-state index contributed by atoms with van der Waals surface area (Å²) in [4.78, 5) is 19.4. The van der Waals surface area contributed by atoms with Crippen LogP contribution in [0.4, 0.5) is 5.69 Å². The van der Waals surface area contributed by atoms with Crippen molar-refractivity contribution in [3.63, 3.8) is 0 Å². The monoisotopic (exact) mass is 422 g/mol. The number of aliphatic carboxylic acids is 2. The number of halogens is 1. The molecule has 29 heavy (non-hydrogen) atoms. The van der Waals surface area contributed by atoms with Gasteiger partial charge in [-0.1, -0.05) is 35.9 Å². The lowest BCUT2D eigenvalue weighted by Crippen LogP contribution is -2.73. The number of carboxylic acid groups (broad SMARTS) is 2. The Labute approximate surface area is 172 Å². The summed E-state index contributed by atoms with van der Waals surface area (Å²) in [6.45, 7) is 1.01. The molecule has 9 heteroatoms. The van der Waals surface area contributed by atoms with E-state index in [1.54, 1.807) is 0 Å². The van der Waals surface area contributed by atoms with Gasteiger partial charge in [-0.3, -0.25) is 0 Å². The van der Waals surface area contributed by atoms with Crippen LogP contribution in [0.1, 0.15) is 22.7 Å². The lowest BCUT2D eigenvalue weighted by Gasteiger charge is -2.27.